The Kier molecular flexibility index (Phi) is 42.4. The molecule has 0 saturated carbocycles. The maximum atomic E-state index is 12.8. The summed E-state index contributed by atoms with van der Waals surface area (Å²) < 4.78 is 17.2. The highest BCUT2D eigenvalue weighted by atomic mass is 16.6. The van der Waals surface area contributed by atoms with Gasteiger partial charge in [-0.3, -0.25) is 9.59 Å². The third-order valence-electron chi connectivity index (χ3n) is 11.5. The molecule has 356 valence electrons. The van der Waals surface area contributed by atoms with Crippen LogP contribution in [0.2, 0.25) is 0 Å². The largest absolute Gasteiger partial charge is 0.544 e. The molecule has 8 nitrogen and oxygen atoms in total. The molecule has 0 spiro atoms. The van der Waals surface area contributed by atoms with Crippen LogP contribution in [0.1, 0.15) is 232 Å². The minimum absolute atomic E-state index is 0.0355. The zero-order chi connectivity index (χ0) is 44.9. The third kappa shape index (κ3) is 42.6. The number of carbonyl (C=O) groups is 3. The van der Waals surface area contributed by atoms with Gasteiger partial charge in [0.05, 0.1) is 40.3 Å². The number of allylic oxidation sites excluding steroid dienone is 6. The molecular weight excluding hydrogens is 763 g/mol. The smallest absolute Gasteiger partial charge is 0.306 e. The minimum Gasteiger partial charge on any atom is -0.544 e. The van der Waals surface area contributed by atoms with Crippen molar-refractivity contribution in [2.45, 2.75) is 244 Å². The van der Waals surface area contributed by atoms with E-state index in [1.807, 2.05) is 0 Å². The SMILES string of the molecule is CCCCCCCCC/C=C/C=C/CCCCCCCC(=O)OCC(COCCC(C(=O)[O-])[N+](C)(C)C)OC(=O)CCCCCCCCC/C=C/CCCCCCCCCC. The number of carboxylic acid groups (broad SMARTS) is 1. The van der Waals surface area contributed by atoms with E-state index in [1.165, 1.54) is 141 Å². The fraction of sp³-hybridized carbons (Fsp3) is 0.830. The summed E-state index contributed by atoms with van der Waals surface area (Å²) >= 11 is 0. The lowest BCUT2D eigenvalue weighted by molar-refractivity contribution is -0.889. The summed E-state index contributed by atoms with van der Waals surface area (Å²) in [7, 11) is 5.41. The molecule has 0 bridgehead atoms. The van der Waals surface area contributed by atoms with E-state index in [0.29, 0.717) is 12.8 Å². The maximum absolute atomic E-state index is 12.8. The van der Waals surface area contributed by atoms with Crippen molar-refractivity contribution in [2.24, 2.45) is 0 Å². The first-order valence-electron chi connectivity index (χ1n) is 25.5. The van der Waals surface area contributed by atoms with Gasteiger partial charge in [0.25, 0.3) is 0 Å². The lowest BCUT2D eigenvalue weighted by atomic mass is 10.1. The average Bonchev–Trinajstić information content (AvgIpc) is 3.22. The molecule has 0 rings (SSSR count). The van der Waals surface area contributed by atoms with Crippen LogP contribution in [0.25, 0.3) is 0 Å². The van der Waals surface area contributed by atoms with Crippen LogP contribution in [0.5, 0.6) is 0 Å². The summed E-state index contributed by atoms with van der Waals surface area (Å²) in [4.78, 5) is 37.0. The van der Waals surface area contributed by atoms with Crippen molar-refractivity contribution in [3.05, 3.63) is 36.5 Å². The number of quaternary nitrogens is 1. The molecule has 0 aliphatic heterocycles. The summed E-state index contributed by atoms with van der Waals surface area (Å²) in [6.45, 7) is 4.66. The number of likely N-dealkylation sites (N-methyl/N-ethyl adjacent to an activating group) is 1. The Morgan fingerprint density at radius 1 is 0.492 bits per heavy atom. The van der Waals surface area contributed by atoms with Gasteiger partial charge < -0.3 is 28.6 Å². The third-order valence-corrected chi connectivity index (χ3v) is 11.5. The summed E-state index contributed by atoms with van der Waals surface area (Å²) in [6, 6.07) is -0.729. The van der Waals surface area contributed by atoms with Crippen molar-refractivity contribution in [1.82, 2.24) is 0 Å². The molecule has 61 heavy (non-hydrogen) atoms. The topological polar surface area (TPSA) is 102 Å². The van der Waals surface area contributed by atoms with E-state index in [9.17, 15) is 19.5 Å². The number of aliphatic carboxylic acids is 1. The number of carbonyl (C=O) groups excluding carboxylic acids is 3. The molecule has 0 aliphatic rings. The number of rotatable bonds is 46. The highest BCUT2D eigenvalue weighted by molar-refractivity contribution is 5.70. The van der Waals surface area contributed by atoms with Crippen molar-refractivity contribution in [3.63, 3.8) is 0 Å². The second-order valence-electron chi connectivity index (χ2n) is 18.4. The van der Waals surface area contributed by atoms with E-state index in [0.717, 1.165) is 57.8 Å². The van der Waals surface area contributed by atoms with Gasteiger partial charge in [-0.15, -0.1) is 0 Å². The van der Waals surface area contributed by atoms with E-state index < -0.39 is 18.1 Å². The number of hydrogen-bond acceptors (Lipinski definition) is 7. The first-order chi connectivity index (χ1) is 29.6. The van der Waals surface area contributed by atoms with E-state index in [-0.39, 0.29) is 42.7 Å². The van der Waals surface area contributed by atoms with E-state index >= 15 is 0 Å². The molecule has 0 aromatic heterocycles. The molecule has 2 atom stereocenters. The van der Waals surface area contributed by atoms with Gasteiger partial charge in [-0.05, 0) is 64.2 Å². The number of nitrogens with zero attached hydrogens (tertiary/aromatic N) is 1. The van der Waals surface area contributed by atoms with Crippen LogP contribution in [0.15, 0.2) is 36.5 Å². The fourth-order valence-electron chi connectivity index (χ4n) is 7.53. The van der Waals surface area contributed by atoms with Crippen molar-refractivity contribution in [1.29, 1.82) is 0 Å². The molecule has 0 aromatic rings. The predicted molar refractivity (Wildman–Crippen MR) is 254 cm³/mol. The highest BCUT2D eigenvalue weighted by Gasteiger charge is 2.25. The monoisotopic (exact) mass is 860 g/mol. The predicted octanol–water partition coefficient (Wildman–Crippen LogP) is 13.3. The van der Waals surface area contributed by atoms with Gasteiger partial charge in [-0.2, -0.15) is 0 Å². The number of esters is 2. The van der Waals surface area contributed by atoms with Crippen LogP contribution >= 0.6 is 0 Å². The van der Waals surface area contributed by atoms with Crippen molar-refractivity contribution in [3.8, 4) is 0 Å². The quantitative estimate of drug-likeness (QED) is 0.0197. The average molecular weight is 860 g/mol. The molecule has 0 radical (unpaired) electrons. The molecule has 0 saturated heterocycles. The van der Waals surface area contributed by atoms with Gasteiger partial charge in [0.1, 0.15) is 12.6 Å². The normalized spacial score (nSPS) is 13.1. The van der Waals surface area contributed by atoms with Gasteiger partial charge in [0.15, 0.2) is 6.10 Å². The number of ether oxygens (including phenoxy) is 3. The van der Waals surface area contributed by atoms with Gasteiger partial charge >= 0.3 is 11.9 Å². The van der Waals surface area contributed by atoms with Crippen LogP contribution in [0.3, 0.4) is 0 Å². The number of carboxylic acids is 1. The van der Waals surface area contributed by atoms with Gasteiger partial charge in [-0.25, -0.2) is 0 Å². The molecular formula is C53H97NO7. The number of hydrogen-bond donors (Lipinski definition) is 0. The van der Waals surface area contributed by atoms with Crippen LogP contribution in [-0.2, 0) is 28.6 Å². The van der Waals surface area contributed by atoms with Crippen LogP contribution in [0.4, 0.5) is 0 Å². The van der Waals surface area contributed by atoms with E-state index in [4.69, 9.17) is 14.2 Å². The Labute approximate surface area is 376 Å². The molecule has 0 aliphatic carbocycles. The van der Waals surface area contributed by atoms with E-state index in [1.54, 1.807) is 21.1 Å². The van der Waals surface area contributed by atoms with Crippen LogP contribution in [0, 0.1) is 0 Å². The van der Waals surface area contributed by atoms with Gasteiger partial charge in [-0.1, -0.05) is 185 Å². The second-order valence-corrected chi connectivity index (χ2v) is 18.4. The Bertz CT molecular complexity index is 1090. The fourth-order valence-corrected chi connectivity index (χ4v) is 7.53. The Hall–Kier alpha value is -2.45. The lowest BCUT2D eigenvalue weighted by Gasteiger charge is -2.34. The molecule has 0 aromatic carbocycles. The van der Waals surface area contributed by atoms with E-state index in [2.05, 4.69) is 50.3 Å². The molecule has 0 amide bonds. The standard InChI is InChI=1S/C53H97NO7/c1-6-8-10-12-14-16-18-20-22-24-26-28-30-32-34-36-38-40-42-44-52(56)61-49(47-59-46-45-50(53(57)58)54(3,4)5)48-60-51(55)43-41-39-37-35-33-31-29-27-25-23-21-19-17-15-13-11-9-7-2/h23-27,29,49-50H,6-22,28,30-48H2,1-5H3/b25-23+,26-24+,29-27+. The van der Waals surface area contributed by atoms with Gasteiger partial charge in [0, 0.05) is 19.3 Å². The Balaban J connectivity index is 4.28. The maximum Gasteiger partial charge on any atom is 0.306 e. The highest BCUT2D eigenvalue weighted by Crippen LogP contribution is 2.15. The molecule has 2 unspecified atom stereocenters. The minimum atomic E-state index is -1.13. The zero-order valence-electron chi connectivity index (χ0n) is 40.6. The Morgan fingerprint density at radius 2 is 0.869 bits per heavy atom. The first kappa shape index (κ1) is 58.6. The van der Waals surface area contributed by atoms with Crippen molar-refractivity contribution >= 4 is 17.9 Å². The van der Waals surface area contributed by atoms with Crippen LogP contribution in [-0.4, -0.2) is 75.5 Å². The number of unbranched alkanes of at least 4 members (excludes halogenated alkanes) is 27. The summed E-state index contributed by atoms with van der Waals surface area (Å²) in [5, 5.41) is 11.7. The van der Waals surface area contributed by atoms with Gasteiger partial charge in [0.2, 0.25) is 0 Å². The summed E-state index contributed by atoms with van der Waals surface area (Å²) in [5.74, 6) is -1.75. The lowest BCUT2D eigenvalue weighted by Crippen LogP contribution is -2.55. The summed E-state index contributed by atoms with van der Waals surface area (Å²) in [5.41, 5.74) is 0. The Morgan fingerprint density at radius 3 is 1.28 bits per heavy atom. The van der Waals surface area contributed by atoms with Crippen molar-refractivity contribution < 1.29 is 38.2 Å². The first-order valence-corrected chi connectivity index (χ1v) is 25.5. The van der Waals surface area contributed by atoms with Crippen LogP contribution < -0.4 is 5.11 Å². The summed E-state index contributed by atoms with van der Waals surface area (Å²) in [6.07, 6.45) is 51.7. The molecule has 0 fully saturated rings. The molecule has 0 N–H and O–H groups in total. The van der Waals surface area contributed by atoms with Crippen molar-refractivity contribution in [2.75, 3.05) is 41.0 Å². The molecule has 0 heterocycles. The molecule has 8 heteroatoms. The zero-order valence-corrected chi connectivity index (χ0v) is 40.6. The second kappa shape index (κ2) is 44.2.